The van der Waals surface area contributed by atoms with Gasteiger partial charge in [0.15, 0.2) is 0 Å². The third-order valence-corrected chi connectivity index (χ3v) is 7.25. The van der Waals surface area contributed by atoms with Crippen molar-refractivity contribution in [2.75, 3.05) is 0 Å². The molecule has 34 heavy (non-hydrogen) atoms. The summed E-state index contributed by atoms with van der Waals surface area (Å²) >= 11 is 0. The molecule has 0 radical (unpaired) electrons. The average molecular weight is 476 g/mol. The van der Waals surface area contributed by atoms with E-state index in [-0.39, 0.29) is 4.90 Å². The molecule has 176 valence electrons. The minimum absolute atomic E-state index is 0.0851. The summed E-state index contributed by atoms with van der Waals surface area (Å²) in [6.45, 7) is 9.52. The lowest BCUT2D eigenvalue weighted by atomic mass is 10.1. The van der Waals surface area contributed by atoms with Gasteiger partial charge in [-0.05, 0) is 56.4 Å². The number of aromatic nitrogens is 3. The Labute approximate surface area is 200 Å². The van der Waals surface area contributed by atoms with Crippen molar-refractivity contribution < 1.29 is 17.5 Å². The summed E-state index contributed by atoms with van der Waals surface area (Å²) in [5.41, 5.74) is 8.03. The van der Waals surface area contributed by atoms with Crippen LogP contribution in [0.15, 0.2) is 59.6 Å². The van der Waals surface area contributed by atoms with Crippen molar-refractivity contribution in [1.82, 2.24) is 10.1 Å². The number of nitrogens with one attached hydrogen (secondary N) is 1. The summed E-state index contributed by atoms with van der Waals surface area (Å²) in [4.78, 5) is 4.65. The Balaban J connectivity index is 0.000000182. The predicted molar refractivity (Wildman–Crippen MR) is 134 cm³/mol. The van der Waals surface area contributed by atoms with E-state index < -0.39 is 10.1 Å². The zero-order valence-corrected chi connectivity index (χ0v) is 21.0. The third kappa shape index (κ3) is 4.41. The first-order chi connectivity index (χ1) is 16.1. The Morgan fingerprint density at radius 2 is 1.62 bits per heavy atom. The number of H-pyrrole nitrogens is 1. The fourth-order valence-electron chi connectivity index (χ4n) is 4.73. The smallest absolute Gasteiger partial charge is 0.245 e. The van der Waals surface area contributed by atoms with Gasteiger partial charge in [-0.2, -0.15) is 5.10 Å². The van der Waals surface area contributed by atoms with Gasteiger partial charge in [-0.25, -0.2) is 13.4 Å². The highest BCUT2D eigenvalue weighted by Gasteiger charge is 2.17. The van der Waals surface area contributed by atoms with Gasteiger partial charge in [-0.3, -0.25) is 0 Å². The number of hydrogen-bond acceptors (Lipinski definition) is 4. The number of hydrogen-bond donors (Lipinski definition) is 1. The van der Waals surface area contributed by atoms with Gasteiger partial charge in [-0.1, -0.05) is 54.3 Å². The minimum Gasteiger partial charge on any atom is -0.744 e. The Kier molecular flexibility index (Phi) is 6.43. The molecule has 0 unspecified atom stereocenters. The molecule has 6 nitrogen and oxygen atoms in total. The van der Waals surface area contributed by atoms with Crippen molar-refractivity contribution in [2.24, 2.45) is 0 Å². The predicted octanol–water partition coefficient (Wildman–Crippen LogP) is 5.10. The van der Waals surface area contributed by atoms with Gasteiger partial charge < -0.3 is 4.55 Å². The van der Waals surface area contributed by atoms with E-state index in [2.05, 4.69) is 60.0 Å². The van der Waals surface area contributed by atoms with Gasteiger partial charge >= 0.3 is 0 Å². The Morgan fingerprint density at radius 1 is 0.941 bits per heavy atom. The summed E-state index contributed by atoms with van der Waals surface area (Å²) < 4.78 is 34.6. The van der Waals surface area contributed by atoms with E-state index >= 15 is 0 Å². The maximum atomic E-state index is 10.8. The topological polar surface area (TPSA) is 90.0 Å². The minimum atomic E-state index is -4.33. The summed E-state index contributed by atoms with van der Waals surface area (Å²) in [5.74, 6) is 0. The molecule has 2 aromatic carbocycles. The fourth-order valence-corrected chi connectivity index (χ4v) is 5.64. The molecule has 0 spiro atoms. The van der Waals surface area contributed by atoms with E-state index in [1.165, 1.54) is 27.5 Å². The zero-order valence-electron chi connectivity index (χ0n) is 20.1. The fraction of sp³-hybridized carbons (Fsp3) is 0.259. The highest BCUT2D eigenvalue weighted by Crippen LogP contribution is 2.27. The quantitative estimate of drug-likeness (QED) is 0.290. The zero-order chi connectivity index (χ0) is 24.6. The molecule has 0 aliphatic heterocycles. The molecule has 0 saturated heterocycles. The van der Waals surface area contributed by atoms with Crippen LogP contribution in [0.5, 0.6) is 0 Å². The Hall–Kier alpha value is -3.29. The van der Waals surface area contributed by atoms with Crippen LogP contribution >= 0.6 is 0 Å². The normalized spacial score (nSPS) is 11.7. The summed E-state index contributed by atoms with van der Waals surface area (Å²) in [6, 6.07) is 16.1. The van der Waals surface area contributed by atoms with Crippen LogP contribution in [0.1, 0.15) is 41.8 Å². The van der Waals surface area contributed by atoms with Gasteiger partial charge in [-0.15, -0.1) is 0 Å². The van der Waals surface area contributed by atoms with Crippen molar-refractivity contribution in [3.05, 3.63) is 82.7 Å². The summed E-state index contributed by atoms with van der Waals surface area (Å²) in [5, 5.41) is 6.00. The van der Waals surface area contributed by atoms with Crippen molar-refractivity contribution in [3.8, 4) is 0 Å². The largest absolute Gasteiger partial charge is 0.744 e. The molecule has 3 aromatic heterocycles. The van der Waals surface area contributed by atoms with E-state index in [0.717, 1.165) is 29.4 Å². The van der Waals surface area contributed by atoms with E-state index in [4.69, 9.17) is 4.98 Å². The number of rotatable bonds is 3. The first-order valence-corrected chi connectivity index (χ1v) is 12.8. The van der Waals surface area contributed by atoms with Crippen LogP contribution in [-0.4, -0.2) is 23.1 Å². The monoisotopic (exact) mass is 475 g/mol. The van der Waals surface area contributed by atoms with Gasteiger partial charge in [0.1, 0.15) is 10.1 Å². The van der Waals surface area contributed by atoms with E-state index in [9.17, 15) is 13.0 Å². The summed E-state index contributed by atoms with van der Waals surface area (Å²) in [7, 11) is -4.33. The molecule has 0 amide bonds. The van der Waals surface area contributed by atoms with Crippen LogP contribution in [0.25, 0.3) is 27.3 Å². The van der Waals surface area contributed by atoms with Crippen LogP contribution < -0.4 is 4.52 Å². The number of para-hydroxylation sites is 1. The van der Waals surface area contributed by atoms with Crippen LogP contribution in [-0.2, 0) is 23.0 Å². The second-order valence-corrected chi connectivity index (χ2v) is 9.93. The Morgan fingerprint density at radius 3 is 2.24 bits per heavy atom. The van der Waals surface area contributed by atoms with Crippen LogP contribution in [0.3, 0.4) is 0 Å². The Bertz CT molecular complexity index is 1610. The van der Waals surface area contributed by atoms with E-state index in [1.807, 2.05) is 13.0 Å². The molecule has 0 aliphatic rings. The van der Waals surface area contributed by atoms with Gasteiger partial charge in [0.25, 0.3) is 0 Å². The molecule has 0 bridgehead atoms. The van der Waals surface area contributed by atoms with Crippen molar-refractivity contribution in [3.63, 3.8) is 0 Å². The number of nitrogens with zero attached hydrogens (tertiary/aromatic N) is 2. The van der Waals surface area contributed by atoms with Crippen LogP contribution in [0.4, 0.5) is 0 Å². The lowest BCUT2D eigenvalue weighted by Crippen LogP contribution is -2.28. The second-order valence-electron chi connectivity index (χ2n) is 8.61. The molecule has 0 saturated carbocycles. The number of aromatic amines is 1. The molecule has 0 aliphatic carbocycles. The van der Waals surface area contributed by atoms with Crippen molar-refractivity contribution >= 4 is 37.4 Å². The van der Waals surface area contributed by atoms with Gasteiger partial charge in [0, 0.05) is 17.5 Å². The lowest BCUT2D eigenvalue weighted by molar-refractivity contribution is -0.580. The third-order valence-electron chi connectivity index (χ3n) is 6.11. The average Bonchev–Trinajstić information content (AvgIpc) is 3.16. The highest BCUT2D eigenvalue weighted by atomic mass is 32.2. The molecule has 5 rings (SSSR count). The first kappa shape index (κ1) is 23.9. The first-order valence-electron chi connectivity index (χ1n) is 11.4. The maximum absolute atomic E-state index is 10.8. The molecule has 3 heterocycles. The van der Waals surface area contributed by atoms with Crippen LogP contribution in [0.2, 0.25) is 0 Å². The second kappa shape index (κ2) is 9.16. The highest BCUT2D eigenvalue weighted by molar-refractivity contribution is 7.85. The van der Waals surface area contributed by atoms with E-state index in [0.29, 0.717) is 11.1 Å². The molecule has 0 atom stereocenters. The molecule has 7 heteroatoms. The number of benzene rings is 2. The number of fused-ring (bicyclic) bond motifs is 5. The number of pyridine rings is 1. The molecular weight excluding hydrogens is 446 g/mol. The maximum Gasteiger partial charge on any atom is 0.245 e. The standard InChI is InChI=1S/C18H17N3.C9H12O3S/c1-3-12-11-17-18-13-7-5-6-8-15(13)19-16(18)9-10-21(17)20-14(12)4-2;1-6-4-7(2)9(8(3)5-6)13(10,11)12/h5-11H,3-4H2,1-2H3;4-5H,1-3H3,(H,10,11,12). The van der Waals surface area contributed by atoms with Crippen molar-refractivity contribution in [2.45, 2.75) is 52.4 Å². The van der Waals surface area contributed by atoms with E-state index in [1.54, 1.807) is 26.0 Å². The van der Waals surface area contributed by atoms with Gasteiger partial charge in [0.05, 0.1) is 27.0 Å². The summed E-state index contributed by atoms with van der Waals surface area (Å²) in [6.07, 6.45) is 4.13. The SMILES string of the molecule is CCc1cc2c3c(cc[n+]2[nH]c1CC)nc1ccccc13.Cc1cc(C)c(S(=O)(=O)[O-])c(C)c1. The molecular formula is C27H29N3O3S. The molecule has 0 fully saturated rings. The molecule has 5 aromatic rings. The van der Waals surface area contributed by atoms with Crippen molar-refractivity contribution in [1.29, 1.82) is 0 Å². The lowest BCUT2D eigenvalue weighted by Gasteiger charge is -2.14. The van der Waals surface area contributed by atoms with Gasteiger partial charge in [0.2, 0.25) is 11.7 Å². The van der Waals surface area contributed by atoms with Crippen LogP contribution in [0, 0.1) is 20.8 Å². The molecule has 1 N–H and O–H groups in total. The number of aryl methyl sites for hydroxylation is 5.